The van der Waals surface area contributed by atoms with Gasteiger partial charge in [0.2, 0.25) is 0 Å². The first-order chi connectivity index (χ1) is 8.55. The number of nitrogens with two attached hydrogens (primary N) is 1. The fourth-order valence-corrected chi connectivity index (χ4v) is 2.15. The smallest absolute Gasteiger partial charge is 0.307 e. The van der Waals surface area contributed by atoms with E-state index in [-0.39, 0.29) is 12.4 Å². The molecule has 0 radical (unpaired) electrons. The number of carbonyl (C=O) groups is 1. The van der Waals surface area contributed by atoms with Crippen molar-refractivity contribution in [2.75, 3.05) is 13.2 Å². The Hall–Kier alpha value is -1.62. The van der Waals surface area contributed by atoms with Gasteiger partial charge in [0.1, 0.15) is 11.6 Å². The summed E-state index contributed by atoms with van der Waals surface area (Å²) in [6, 6.07) is 4.18. The Morgan fingerprint density at radius 3 is 3.11 bits per heavy atom. The second-order valence-electron chi connectivity index (χ2n) is 4.38. The van der Waals surface area contributed by atoms with Crippen LogP contribution in [0.3, 0.4) is 0 Å². The van der Waals surface area contributed by atoms with Crippen molar-refractivity contribution in [3.63, 3.8) is 0 Å². The number of hydrogen-bond donors (Lipinski definition) is 1. The lowest BCUT2D eigenvalue weighted by Crippen LogP contribution is -2.43. The van der Waals surface area contributed by atoms with Gasteiger partial charge in [-0.05, 0) is 25.1 Å². The van der Waals surface area contributed by atoms with Crippen molar-refractivity contribution in [3.8, 4) is 5.75 Å². The van der Waals surface area contributed by atoms with E-state index in [1.54, 1.807) is 6.92 Å². The molecule has 1 atom stereocenters. The molecule has 1 aliphatic heterocycles. The molecule has 1 aromatic rings. The van der Waals surface area contributed by atoms with Crippen LogP contribution in [0.4, 0.5) is 4.39 Å². The SMILES string of the molecule is CCOC(=O)CC1(N)CCOc2ccc(F)cc21. The van der Waals surface area contributed by atoms with Gasteiger partial charge in [-0.3, -0.25) is 4.79 Å². The Kier molecular flexibility index (Phi) is 3.52. The van der Waals surface area contributed by atoms with E-state index in [0.29, 0.717) is 30.9 Å². The number of halogens is 1. The third-order valence-corrected chi connectivity index (χ3v) is 3.05. The molecule has 0 saturated heterocycles. The molecule has 0 amide bonds. The highest BCUT2D eigenvalue weighted by Gasteiger charge is 2.36. The zero-order chi connectivity index (χ0) is 13.2. The lowest BCUT2D eigenvalue weighted by atomic mass is 9.82. The van der Waals surface area contributed by atoms with E-state index >= 15 is 0 Å². The average molecular weight is 253 g/mol. The van der Waals surface area contributed by atoms with E-state index in [4.69, 9.17) is 15.2 Å². The van der Waals surface area contributed by atoms with E-state index in [0.717, 1.165) is 0 Å². The lowest BCUT2D eigenvalue weighted by Gasteiger charge is -2.34. The number of rotatable bonds is 3. The molecule has 0 bridgehead atoms. The zero-order valence-corrected chi connectivity index (χ0v) is 10.2. The molecule has 1 unspecified atom stereocenters. The quantitative estimate of drug-likeness (QED) is 0.833. The van der Waals surface area contributed by atoms with Crippen molar-refractivity contribution in [2.45, 2.75) is 25.3 Å². The van der Waals surface area contributed by atoms with Crippen molar-refractivity contribution in [2.24, 2.45) is 5.73 Å². The molecule has 2 N–H and O–H groups in total. The molecule has 1 heterocycles. The first-order valence-electron chi connectivity index (χ1n) is 5.92. The van der Waals surface area contributed by atoms with Gasteiger partial charge in [0.15, 0.2) is 0 Å². The molecular formula is C13H16FNO3. The Morgan fingerprint density at radius 1 is 1.61 bits per heavy atom. The van der Waals surface area contributed by atoms with Gasteiger partial charge in [0.05, 0.1) is 25.2 Å². The second-order valence-corrected chi connectivity index (χ2v) is 4.38. The van der Waals surface area contributed by atoms with Crippen LogP contribution in [0.2, 0.25) is 0 Å². The molecule has 1 aromatic carbocycles. The summed E-state index contributed by atoms with van der Waals surface area (Å²) in [5.41, 5.74) is 5.84. The molecular weight excluding hydrogens is 237 g/mol. The standard InChI is InChI=1S/C13H16FNO3/c1-2-17-12(16)8-13(15)5-6-18-11-4-3-9(14)7-10(11)13/h3-4,7H,2,5-6,8,15H2,1H3. The Bertz CT molecular complexity index is 464. The van der Waals surface area contributed by atoms with E-state index in [2.05, 4.69) is 0 Å². The maximum absolute atomic E-state index is 13.3. The maximum atomic E-state index is 13.3. The fraction of sp³-hybridized carbons (Fsp3) is 0.462. The van der Waals surface area contributed by atoms with Crippen LogP contribution < -0.4 is 10.5 Å². The van der Waals surface area contributed by atoms with Crippen molar-refractivity contribution in [3.05, 3.63) is 29.6 Å². The molecule has 0 fully saturated rings. The van der Waals surface area contributed by atoms with Crippen molar-refractivity contribution in [1.29, 1.82) is 0 Å². The summed E-state index contributed by atoms with van der Waals surface area (Å²) in [6.45, 7) is 2.45. The van der Waals surface area contributed by atoms with Crippen LogP contribution in [0.25, 0.3) is 0 Å². The number of benzene rings is 1. The van der Waals surface area contributed by atoms with Crippen LogP contribution in [0.5, 0.6) is 5.75 Å². The van der Waals surface area contributed by atoms with Gasteiger partial charge in [0, 0.05) is 12.0 Å². The Balaban J connectivity index is 2.29. The average Bonchev–Trinajstić information content (AvgIpc) is 2.30. The summed E-state index contributed by atoms with van der Waals surface area (Å²) < 4.78 is 23.6. The zero-order valence-electron chi connectivity index (χ0n) is 10.2. The van der Waals surface area contributed by atoms with Gasteiger partial charge in [-0.25, -0.2) is 4.39 Å². The summed E-state index contributed by atoms with van der Waals surface area (Å²) in [5, 5.41) is 0. The second kappa shape index (κ2) is 4.94. The highest BCUT2D eigenvalue weighted by molar-refractivity contribution is 5.71. The van der Waals surface area contributed by atoms with Crippen LogP contribution >= 0.6 is 0 Å². The third kappa shape index (κ3) is 2.46. The number of esters is 1. The normalized spacial score (nSPS) is 21.9. The summed E-state index contributed by atoms with van der Waals surface area (Å²) in [7, 11) is 0. The van der Waals surface area contributed by atoms with Crippen LogP contribution in [0, 0.1) is 5.82 Å². The monoisotopic (exact) mass is 253 g/mol. The molecule has 0 spiro atoms. The lowest BCUT2D eigenvalue weighted by molar-refractivity contribution is -0.144. The molecule has 18 heavy (non-hydrogen) atoms. The first-order valence-corrected chi connectivity index (χ1v) is 5.92. The summed E-state index contributed by atoms with van der Waals surface area (Å²) in [4.78, 5) is 11.6. The minimum Gasteiger partial charge on any atom is -0.493 e. The van der Waals surface area contributed by atoms with Crippen molar-refractivity contribution >= 4 is 5.97 Å². The summed E-state index contributed by atoms with van der Waals surface area (Å²) in [6.07, 6.45) is 0.489. The number of carbonyl (C=O) groups excluding carboxylic acids is 1. The highest BCUT2D eigenvalue weighted by atomic mass is 19.1. The van der Waals surface area contributed by atoms with Crippen LogP contribution in [-0.2, 0) is 15.1 Å². The fourth-order valence-electron chi connectivity index (χ4n) is 2.15. The third-order valence-electron chi connectivity index (χ3n) is 3.05. The minimum atomic E-state index is -0.915. The van der Waals surface area contributed by atoms with Gasteiger partial charge >= 0.3 is 5.97 Å². The Morgan fingerprint density at radius 2 is 2.39 bits per heavy atom. The van der Waals surface area contributed by atoms with Crippen LogP contribution in [-0.4, -0.2) is 19.2 Å². The molecule has 1 aliphatic rings. The van der Waals surface area contributed by atoms with E-state index in [1.807, 2.05) is 0 Å². The summed E-state index contributed by atoms with van der Waals surface area (Å²) in [5.74, 6) is -0.232. The molecule has 2 rings (SSSR count). The predicted molar refractivity (Wildman–Crippen MR) is 63.6 cm³/mol. The van der Waals surface area contributed by atoms with Crippen molar-refractivity contribution in [1.82, 2.24) is 0 Å². The number of hydrogen-bond acceptors (Lipinski definition) is 4. The number of ether oxygens (including phenoxy) is 2. The van der Waals surface area contributed by atoms with Gasteiger partial charge in [-0.15, -0.1) is 0 Å². The largest absolute Gasteiger partial charge is 0.493 e. The maximum Gasteiger partial charge on any atom is 0.307 e. The van der Waals surface area contributed by atoms with E-state index in [9.17, 15) is 9.18 Å². The van der Waals surface area contributed by atoms with Crippen molar-refractivity contribution < 1.29 is 18.7 Å². The first kappa shape index (κ1) is 12.8. The number of fused-ring (bicyclic) bond motifs is 1. The minimum absolute atomic E-state index is 0.0284. The van der Waals surface area contributed by atoms with Gasteiger partial charge in [-0.1, -0.05) is 0 Å². The van der Waals surface area contributed by atoms with Gasteiger partial charge in [0.25, 0.3) is 0 Å². The summed E-state index contributed by atoms with van der Waals surface area (Å²) >= 11 is 0. The van der Waals surface area contributed by atoms with Gasteiger partial charge in [-0.2, -0.15) is 0 Å². The predicted octanol–water partition coefficient (Wildman–Crippen LogP) is 1.72. The molecule has 4 nitrogen and oxygen atoms in total. The molecule has 0 aromatic heterocycles. The molecule has 0 saturated carbocycles. The Labute approximate surface area is 105 Å². The van der Waals surface area contributed by atoms with Crippen LogP contribution in [0.15, 0.2) is 18.2 Å². The molecule has 98 valence electrons. The topological polar surface area (TPSA) is 61.5 Å². The highest BCUT2D eigenvalue weighted by Crippen LogP contribution is 2.37. The molecule has 5 heteroatoms. The van der Waals surface area contributed by atoms with Gasteiger partial charge < -0.3 is 15.2 Å². The van der Waals surface area contributed by atoms with E-state index in [1.165, 1.54) is 18.2 Å². The van der Waals surface area contributed by atoms with E-state index < -0.39 is 11.4 Å². The molecule has 0 aliphatic carbocycles. The van der Waals surface area contributed by atoms with Crippen LogP contribution in [0.1, 0.15) is 25.3 Å².